The molecule has 0 aliphatic carbocycles. The fourth-order valence-electron chi connectivity index (χ4n) is 1.50. The van der Waals surface area contributed by atoms with E-state index in [1.165, 1.54) is 12.8 Å². The maximum Gasteiger partial charge on any atom is 0.00866 e. The van der Waals surface area contributed by atoms with Crippen LogP contribution < -0.4 is 5.32 Å². The lowest BCUT2D eigenvalue weighted by Gasteiger charge is -2.19. The molecule has 1 N–H and O–H groups in total. The van der Waals surface area contributed by atoms with Crippen molar-refractivity contribution in [1.29, 1.82) is 0 Å². The van der Waals surface area contributed by atoms with Crippen LogP contribution in [-0.4, -0.2) is 38.1 Å². The van der Waals surface area contributed by atoms with Gasteiger partial charge in [-0.1, -0.05) is 6.92 Å². The first kappa shape index (κ1) is 13.5. The number of nitrogens with one attached hydrogen (secondary N) is 1. The molecule has 0 radical (unpaired) electrons. The third-order valence-electron chi connectivity index (χ3n) is 2.29. The van der Waals surface area contributed by atoms with E-state index in [0.29, 0.717) is 6.04 Å². The molecule has 0 rings (SSSR count). The van der Waals surface area contributed by atoms with Gasteiger partial charge in [0.15, 0.2) is 0 Å². The number of unbranched alkanes of at least 4 members (excludes halogenated alkanes) is 1. The van der Waals surface area contributed by atoms with Gasteiger partial charge in [-0.15, -0.1) is 12.3 Å². The Labute approximate surface area is 89.1 Å². The van der Waals surface area contributed by atoms with Gasteiger partial charge in [-0.25, -0.2) is 0 Å². The highest BCUT2D eigenvalue weighted by atomic mass is 15.1. The molecule has 1 atom stereocenters. The van der Waals surface area contributed by atoms with E-state index < -0.39 is 0 Å². The van der Waals surface area contributed by atoms with Crippen molar-refractivity contribution in [2.75, 3.05) is 27.2 Å². The summed E-state index contributed by atoms with van der Waals surface area (Å²) in [6.07, 6.45) is 9.69. The van der Waals surface area contributed by atoms with Crippen LogP contribution in [-0.2, 0) is 0 Å². The Bertz CT molecular complexity index is 158. The van der Waals surface area contributed by atoms with Crippen LogP contribution in [0.25, 0.3) is 0 Å². The van der Waals surface area contributed by atoms with E-state index in [0.717, 1.165) is 25.9 Å². The molecule has 0 aromatic rings. The molecule has 2 heteroatoms. The van der Waals surface area contributed by atoms with Crippen LogP contribution in [0, 0.1) is 12.3 Å². The third-order valence-corrected chi connectivity index (χ3v) is 2.29. The summed E-state index contributed by atoms with van der Waals surface area (Å²) in [4.78, 5) is 2.23. The first-order valence-electron chi connectivity index (χ1n) is 5.52. The molecule has 0 saturated heterocycles. The Morgan fingerprint density at radius 2 is 2.07 bits per heavy atom. The lowest BCUT2D eigenvalue weighted by molar-refractivity contribution is 0.349. The summed E-state index contributed by atoms with van der Waals surface area (Å²) in [5.74, 6) is 2.69. The fourth-order valence-corrected chi connectivity index (χ4v) is 1.50. The average molecular weight is 196 g/mol. The van der Waals surface area contributed by atoms with Crippen LogP contribution in [0.4, 0.5) is 0 Å². The molecule has 1 unspecified atom stereocenters. The lowest BCUT2D eigenvalue weighted by Crippen LogP contribution is -2.32. The molecule has 14 heavy (non-hydrogen) atoms. The zero-order chi connectivity index (χ0) is 10.8. The van der Waals surface area contributed by atoms with Crippen LogP contribution in [0.1, 0.15) is 32.6 Å². The van der Waals surface area contributed by atoms with E-state index in [9.17, 15) is 0 Å². The fraction of sp³-hybridized carbons (Fsp3) is 0.833. The van der Waals surface area contributed by atoms with E-state index in [2.05, 4.69) is 37.2 Å². The predicted octanol–water partition coefficient (Wildman–Crippen LogP) is 1.72. The molecule has 0 fully saturated rings. The highest BCUT2D eigenvalue weighted by Gasteiger charge is 2.06. The zero-order valence-corrected chi connectivity index (χ0v) is 9.84. The minimum atomic E-state index is 0.635. The van der Waals surface area contributed by atoms with Gasteiger partial charge in [0.2, 0.25) is 0 Å². The van der Waals surface area contributed by atoms with Crippen molar-refractivity contribution in [1.82, 2.24) is 10.2 Å². The number of hydrogen-bond acceptors (Lipinski definition) is 2. The number of rotatable bonds is 8. The summed E-state index contributed by atoms with van der Waals surface area (Å²) >= 11 is 0. The summed E-state index contributed by atoms with van der Waals surface area (Å²) in [6.45, 7) is 4.35. The molecule has 0 amide bonds. The minimum Gasteiger partial charge on any atom is -0.314 e. The Balaban J connectivity index is 3.61. The van der Waals surface area contributed by atoms with Gasteiger partial charge in [0.05, 0.1) is 0 Å². The van der Waals surface area contributed by atoms with Gasteiger partial charge in [-0.05, 0) is 46.4 Å². The van der Waals surface area contributed by atoms with E-state index in [1.54, 1.807) is 0 Å². The van der Waals surface area contributed by atoms with Gasteiger partial charge in [-0.3, -0.25) is 0 Å². The number of terminal acetylenes is 1. The largest absolute Gasteiger partial charge is 0.314 e. The van der Waals surface area contributed by atoms with Crippen molar-refractivity contribution in [3.8, 4) is 12.3 Å². The molecular formula is C12H24N2. The molecule has 0 aliphatic rings. The molecule has 0 aromatic carbocycles. The normalized spacial score (nSPS) is 12.8. The molecule has 0 spiro atoms. The number of nitrogens with zero attached hydrogens (tertiary/aromatic N) is 1. The Kier molecular flexibility index (Phi) is 8.72. The summed E-state index contributed by atoms with van der Waals surface area (Å²) in [5, 5.41) is 3.50. The summed E-state index contributed by atoms with van der Waals surface area (Å²) < 4.78 is 0. The Morgan fingerprint density at radius 1 is 1.36 bits per heavy atom. The monoisotopic (exact) mass is 196 g/mol. The van der Waals surface area contributed by atoms with E-state index >= 15 is 0 Å². The van der Waals surface area contributed by atoms with Gasteiger partial charge in [0, 0.05) is 12.5 Å². The van der Waals surface area contributed by atoms with Gasteiger partial charge in [0.1, 0.15) is 0 Å². The van der Waals surface area contributed by atoms with Crippen molar-refractivity contribution in [3.63, 3.8) is 0 Å². The standard InChI is InChI=1S/C12H24N2/c1-5-7-8-9-12(13-6-2)10-11-14(3)4/h1,12-13H,6-11H2,2-4H3. The molecule has 0 bridgehead atoms. The predicted molar refractivity (Wildman–Crippen MR) is 63.3 cm³/mol. The van der Waals surface area contributed by atoms with Crippen molar-refractivity contribution in [2.24, 2.45) is 0 Å². The second-order valence-electron chi connectivity index (χ2n) is 3.94. The molecule has 0 aromatic heterocycles. The summed E-state index contributed by atoms with van der Waals surface area (Å²) in [5.41, 5.74) is 0. The second kappa shape index (κ2) is 9.05. The minimum absolute atomic E-state index is 0.635. The van der Waals surface area contributed by atoms with Crippen LogP contribution in [0.2, 0.25) is 0 Å². The first-order chi connectivity index (χ1) is 6.70. The molecule has 0 aliphatic heterocycles. The molecule has 2 nitrogen and oxygen atoms in total. The van der Waals surface area contributed by atoms with Crippen LogP contribution in [0.15, 0.2) is 0 Å². The Hall–Kier alpha value is -0.520. The van der Waals surface area contributed by atoms with Crippen molar-refractivity contribution >= 4 is 0 Å². The smallest absolute Gasteiger partial charge is 0.00866 e. The summed E-state index contributed by atoms with van der Waals surface area (Å²) in [7, 11) is 4.23. The van der Waals surface area contributed by atoms with Crippen molar-refractivity contribution < 1.29 is 0 Å². The molecular weight excluding hydrogens is 172 g/mol. The van der Waals surface area contributed by atoms with E-state index in [4.69, 9.17) is 6.42 Å². The van der Waals surface area contributed by atoms with E-state index in [1.807, 2.05) is 0 Å². The first-order valence-corrected chi connectivity index (χ1v) is 5.52. The SMILES string of the molecule is C#CCCCC(CCN(C)C)NCC. The summed E-state index contributed by atoms with van der Waals surface area (Å²) in [6, 6.07) is 0.635. The zero-order valence-electron chi connectivity index (χ0n) is 9.84. The highest BCUT2D eigenvalue weighted by Crippen LogP contribution is 2.04. The van der Waals surface area contributed by atoms with Gasteiger partial charge in [0.25, 0.3) is 0 Å². The van der Waals surface area contributed by atoms with Crippen LogP contribution in [0.3, 0.4) is 0 Å². The van der Waals surface area contributed by atoms with Crippen LogP contribution in [0.5, 0.6) is 0 Å². The third kappa shape index (κ3) is 8.10. The quantitative estimate of drug-likeness (QED) is 0.470. The average Bonchev–Trinajstić information content (AvgIpc) is 2.14. The van der Waals surface area contributed by atoms with Gasteiger partial charge in [-0.2, -0.15) is 0 Å². The van der Waals surface area contributed by atoms with Gasteiger partial charge >= 0.3 is 0 Å². The molecule has 0 saturated carbocycles. The second-order valence-corrected chi connectivity index (χ2v) is 3.94. The maximum atomic E-state index is 5.23. The van der Waals surface area contributed by atoms with Gasteiger partial charge < -0.3 is 10.2 Å². The molecule has 82 valence electrons. The van der Waals surface area contributed by atoms with Crippen LogP contribution >= 0.6 is 0 Å². The Morgan fingerprint density at radius 3 is 2.57 bits per heavy atom. The topological polar surface area (TPSA) is 15.3 Å². The van der Waals surface area contributed by atoms with E-state index in [-0.39, 0.29) is 0 Å². The maximum absolute atomic E-state index is 5.23. The van der Waals surface area contributed by atoms with Crippen molar-refractivity contribution in [2.45, 2.75) is 38.6 Å². The lowest BCUT2D eigenvalue weighted by atomic mass is 10.1. The highest BCUT2D eigenvalue weighted by molar-refractivity contribution is 4.83. The van der Waals surface area contributed by atoms with Crippen molar-refractivity contribution in [3.05, 3.63) is 0 Å². The molecule has 0 heterocycles. The number of hydrogen-bond donors (Lipinski definition) is 1.